The summed E-state index contributed by atoms with van der Waals surface area (Å²) in [5.41, 5.74) is 9.74. The van der Waals surface area contributed by atoms with E-state index in [-0.39, 0.29) is 23.8 Å². The Labute approximate surface area is 208 Å². The molecule has 0 spiro atoms. The number of pyridine rings is 1. The first-order valence-corrected chi connectivity index (χ1v) is 12.8. The average Bonchev–Trinajstić information content (AvgIpc) is 3.83. The monoisotopic (exact) mass is 487 g/mol. The molecular weight excluding hydrogens is 458 g/mol. The molecule has 6 fully saturated rings. The number of piperidine rings is 2. The number of anilines is 2. The fourth-order valence-electron chi connectivity index (χ4n) is 5.85. The maximum Gasteiger partial charge on any atom is 0.317 e. The van der Waals surface area contributed by atoms with E-state index in [9.17, 15) is 9.59 Å². The molecule has 10 nitrogen and oxygen atoms in total. The van der Waals surface area contributed by atoms with Crippen LogP contribution in [0.15, 0.2) is 30.7 Å². The molecule has 0 aromatic carbocycles. The highest BCUT2D eigenvalue weighted by Crippen LogP contribution is 2.48. The summed E-state index contributed by atoms with van der Waals surface area (Å²) in [6, 6.07) is 3.99. The molecular formula is C26H29N7O3. The van der Waals surface area contributed by atoms with Crippen molar-refractivity contribution < 1.29 is 14.3 Å². The number of hydrogen-bond acceptors (Lipinski definition) is 9. The number of nitrogen functional groups attached to an aromatic ring is 1. The van der Waals surface area contributed by atoms with Gasteiger partial charge in [0.25, 0.3) is 0 Å². The number of nitrogens with one attached hydrogen (secondary N) is 2. The molecule has 4 N–H and O–H groups in total. The van der Waals surface area contributed by atoms with Crippen molar-refractivity contribution in [2.45, 2.75) is 19.3 Å². The number of aromatic nitrogens is 4. The number of cyclic esters (lactones) is 2. The Balaban J connectivity index is 0.000000127. The highest BCUT2D eigenvalue weighted by atomic mass is 16.6. The number of esters is 2. The summed E-state index contributed by atoms with van der Waals surface area (Å²) in [6.45, 7) is 4.93. The molecule has 0 radical (unpaired) electrons. The highest BCUT2D eigenvalue weighted by molar-refractivity contribution is 6.02. The maximum absolute atomic E-state index is 10.4. The fraction of sp³-hybridized carbons (Fsp3) is 0.500. The van der Waals surface area contributed by atoms with Crippen LogP contribution in [-0.2, 0) is 14.3 Å². The van der Waals surface area contributed by atoms with Gasteiger partial charge in [0, 0.05) is 42.9 Å². The number of aromatic amines is 1. The Morgan fingerprint density at radius 3 is 2.17 bits per heavy atom. The van der Waals surface area contributed by atoms with Crippen molar-refractivity contribution in [2.75, 3.05) is 36.8 Å². The third-order valence-electron chi connectivity index (χ3n) is 8.30. The van der Waals surface area contributed by atoms with Crippen LogP contribution in [0.3, 0.4) is 0 Å². The molecule has 0 amide bonds. The van der Waals surface area contributed by atoms with Crippen LogP contribution in [0.5, 0.6) is 0 Å². The van der Waals surface area contributed by atoms with Crippen LogP contribution in [0, 0.1) is 35.5 Å². The number of nitrogens with two attached hydrogens (primary N) is 1. The van der Waals surface area contributed by atoms with Gasteiger partial charge in [-0.1, -0.05) is 0 Å². The number of carbonyl (C=O) groups excluding carboxylic acids is 2. The number of rotatable bonds is 2. The average molecular weight is 488 g/mol. The molecule has 6 atom stereocenters. The van der Waals surface area contributed by atoms with Crippen molar-refractivity contribution in [2.24, 2.45) is 35.5 Å². The van der Waals surface area contributed by atoms with Gasteiger partial charge in [0.2, 0.25) is 5.95 Å². The van der Waals surface area contributed by atoms with E-state index in [0.717, 1.165) is 65.5 Å². The second-order valence-electron chi connectivity index (χ2n) is 10.8. The minimum atomic E-state index is -0.319. The summed E-state index contributed by atoms with van der Waals surface area (Å²) >= 11 is 0. The van der Waals surface area contributed by atoms with E-state index < -0.39 is 0 Å². The van der Waals surface area contributed by atoms with Gasteiger partial charge in [-0.15, -0.1) is 0 Å². The van der Waals surface area contributed by atoms with Gasteiger partial charge in [0.15, 0.2) is 0 Å². The van der Waals surface area contributed by atoms with Crippen molar-refractivity contribution in [1.82, 2.24) is 25.3 Å². The first-order chi connectivity index (χ1) is 17.5. The van der Waals surface area contributed by atoms with Crippen LogP contribution in [0.1, 0.15) is 19.3 Å². The zero-order valence-corrected chi connectivity index (χ0v) is 19.9. The van der Waals surface area contributed by atoms with Crippen LogP contribution in [0.25, 0.3) is 22.3 Å². The first-order valence-electron chi connectivity index (χ1n) is 12.8. The summed E-state index contributed by atoms with van der Waals surface area (Å²) in [5.74, 6) is 3.53. The lowest BCUT2D eigenvalue weighted by atomic mass is 10.1. The molecule has 36 heavy (non-hydrogen) atoms. The standard InChI is InChI=1S/C16H16N6.C5H9N.C5H4O3/c17-16-19-3-1-12(21-16)11-6-20-15-14(11)13(2-4-18-15)22-7-9-5-10(9)8-22;1-4-2-6-3-5(1)4;6-4-2-1-3(2)5(7)8-4/h1-4,6,9-10H,5,7-8H2,(H,18,20)(H2,17,19,21);4-6H,1-3H2;2-3H,1H2. The van der Waals surface area contributed by atoms with E-state index in [4.69, 9.17) is 5.73 Å². The van der Waals surface area contributed by atoms with E-state index in [2.05, 4.69) is 41.0 Å². The van der Waals surface area contributed by atoms with Gasteiger partial charge in [-0.25, -0.2) is 15.0 Å². The van der Waals surface area contributed by atoms with Gasteiger partial charge in [-0.05, 0) is 68.2 Å². The Hall–Kier alpha value is -3.53. The van der Waals surface area contributed by atoms with Crippen LogP contribution in [-0.4, -0.2) is 58.1 Å². The normalized spacial score (nSPS) is 31.9. The molecule has 186 valence electrons. The second-order valence-corrected chi connectivity index (χ2v) is 10.8. The van der Waals surface area contributed by atoms with Gasteiger partial charge in [0.05, 0.1) is 22.9 Å². The van der Waals surface area contributed by atoms with Crippen LogP contribution in [0.4, 0.5) is 11.6 Å². The lowest BCUT2D eigenvalue weighted by Crippen LogP contribution is -2.22. The number of carbonyl (C=O) groups is 2. The molecule has 6 unspecified atom stereocenters. The van der Waals surface area contributed by atoms with Crippen LogP contribution >= 0.6 is 0 Å². The van der Waals surface area contributed by atoms with E-state index in [1.165, 1.54) is 31.6 Å². The molecule has 3 saturated carbocycles. The Bertz CT molecular complexity index is 1320. The third kappa shape index (κ3) is 3.99. The van der Waals surface area contributed by atoms with E-state index >= 15 is 0 Å². The minimum Gasteiger partial charge on any atom is -0.393 e. The third-order valence-corrected chi connectivity index (χ3v) is 8.30. The van der Waals surface area contributed by atoms with Gasteiger partial charge in [0.1, 0.15) is 5.65 Å². The molecule has 3 aromatic rings. The van der Waals surface area contributed by atoms with Crippen molar-refractivity contribution in [3.8, 4) is 11.3 Å². The highest BCUT2D eigenvalue weighted by Gasteiger charge is 2.57. The summed E-state index contributed by atoms with van der Waals surface area (Å²) < 4.78 is 4.25. The number of nitrogens with zero attached hydrogens (tertiary/aromatic N) is 4. The smallest absolute Gasteiger partial charge is 0.317 e. The molecule has 3 aromatic heterocycles. The van der Waals surface area contributed by atoms with Crippen molar-refractivity contribution in [1.29, 1.82) is 0 Å². The molecule has 6 aliphatic rings. The predicted molar refractivity (Wildman–Crippen MR) is 133 cm³/mol. The molecule has 3 aliphatic carbocycles. The van der Waals surface area contributed by atoms with E-state index in [0.29, 0.717) is 5.95 Å². The molecule has 10 heteroatoms. The van der Waals surface area contributed by atoms with E-state index in [1.54, 1.807) is 6.20 Å². The molecule has 0 bridgehead atoms. The molecule has 3 saturated heterocycles. The molecule has 3 aliphatic heterocycles. The summed E-state index contributed by atoms with van der Waals surface area (Å²) in [7, 11) is 0. The van der Waals surface area contributed by atoms with Crippen molar-refractivity contribution in [3.05, 3.63) is 30.7 Å². The Morgan fingerprint density at radius 2 is 1.61 bits per heavy atom. The van der Waals surface area contributed by atoms with E-state index in [1.807, 2.05) is 18.5 Å². The second kappa shape index (κ2) is 8.26. The van der Waals surface area contributed by atoms with Crippen LogP contribution < -0.4 is 16.0 Å². The predicted octanol–water partition coefficient (Wildman–Crippen LogP) is 1.99. The topological polar surface area (TPSA) is 139 Å². The van der Waals surface area contributed by atoms with Gasteiger partial charge >= 0.3 is 11.9 Å². The zero-order chi connectivity index (χ0) is 24.4. The largest absolute Gasteiger partial charge is 0.393 e. The van der Waals surface area contributed by atoms with Crippen LogP contribution in [0.2, 0.25) is 0 Å². The molecule has 6 heterocycles. The fourth-order valence-corrected chi connectivity index (χ4v) is 5.85. The molecule has 9 rings (SSSR count). The first kappa shape index (κ1) is 21.7. The maximum atomic E-state index is 10.4. The number of hydrogen-bond donors (Lipinski definition) is 3. The van der Waals surface area contributed by atoms with Gasteiger partial charge in [-0.3, -0.25) is 9.59 Å². The SMILES string of the molecule is C1NCC2CC12.Nc1nccc(-c2c[nH]c3nccc(N4CC5CC5C4)c23)n1.O=C1OC(=O)C2CC12. The summed E-state index contributed by atoms with van der Waals surface area (Å²) in [6.07, 6.45) is 9.17. The Morgan fingerprint density at radius 1 is 0.917 bits per heavy atom. The van der Waals surface area contributed by atoms with Crippen molar-refractivity contribution in [3.63, 3.8) is 0 Å². The van der Waals surface area contributed by atoms with Crippen molar-refractivity contribution >= 4 is 34.6 Å². The zero-order valence-electron chi connectivity index (χ0n) is 19.9. The number of H-pyrrole nitrogens is 1. The van der Waals surface area contributed by atoms with Gasteiger partial charge in [-0.2, -0.15) is 0 Å². The number of ether oxygens (including phenoxy) is 1. The minimum absolute atomic E-state index is 0.0532. The summed E-state index contributed by atoms with van der Waals surface area (Å²) in [4.78, 5) is 39.3. The lowest BCUT2D eigenvalue weighted by molar-refractivity contribution is -0.155. The lowest BCUT2D eigenvalue weighted by Gasteiger charge is -2.21. The Kier molecular flexibility index (Phi) is 4.99. The quantitative estimate of drug-likeness (QED) is 0.366. The summed E-state index contributed by atoms with van der Waals surface area (Å²) in [5, 5.41) is 4.45. The number of fused-ring (bicyclic) bond motifs is 4. The van der Waals surface area contributed by atoms with Gasteiger partial charge < -0.3 is 25.7 Å².